The topological polar surface area (TPSA) is 43.1 Å². The summed E-state index contributed by atoms with van der Waals surface area (Å²) in [5, 5.41) is 1.37. The number of fused-ring (bicyclic) bond motifs is 1. The van der Waals surface area contributed by atoms with Crippen LogP contribution in [0.1, 0.15) is 22.7 Å². The Bertz CT molecular complexity index is 750. The number of nitrogens with zero attached hydrogens (tertiary/aromatic N) is 1. The molecule has 0 radical (unpaired) electrons. The first-order valence-electron chi connectivity index (χ1n) is 6.35. The summed E-state index contributed by atoms with van der Waals surface area (Å²) in [6, 6.07) is 12.9. The van der Waals surface area contributed by atoms with Crippen molar-refractivity contribution >= 4 is 28.4 Å². The molecule has 0 spiro atoms. The highest BCUT2D eigenvalue weighted by Gasteiger charge is 2.14. The Labute approximate surface area is 121 Å². The third kappa shape index (κ3) is 2.58. The molecule has 3 aromatic rings. The molecule has 100 valence electrons. The van der Waals surface area contributed by atoms with Gasteiger partial charge in [0.25, 0.3) is 0 Å². The highest BCUT2D eigenvalue weighted by atomic mass is 35.5. The van der Waals surface area contributed by atoms with Crippen molar-refractivity contribution in [3.05, 3.63) is 65.1 Å². The fraction of sp³-hybridized carbons (Fsp3) is 0.125. The molecule has 0 saturated carbocycles. The summed E-state index contributed by atoms with van der Waals surface area (Å²) in [6.07, 6.45) is 2.69. The predicted octanol–water partition coefficient (Wildman–Crippen LogP) is 4.30. The number of pyridine rings is 1. The maximum Gasteiger partial charge on any atom is 0.198 e. The van der Waals surface area contributed by atoms with Gasteiger partial charge in [-0.1, -0.05) is 29.8 Å². The first-order valence-corrected chi connectivity index (χ1v) is 6.73. The van der Waals surface area contributed by atoms with Crippen molar-refractivity contribution in [2.45, 2.75) is 12.8 Å². The highest BCUT2D eigenvalue weighted by molar-refractivity contribution is 6.34. The van der Waals surface area contributed by atoms with Crippen molar-refractivity contribution in [3.63, 3.8) is 0 Å². The van der Waals surface area contributed by atoms with Crippen LogP contribution in [0.25, 0.3) is 11.0 Å². The van der Waals surface area contributed by atoms with Gasteiger partial charge in [0.1, 0.15) is 0 Å². The molecule has 0 aliphatic heterocycles. The third-order valence-corrected chi connectivity index (χ3v) is 3.40. The molecule has 0 aliphatic rings. The number of ketones is 1. The minimum atomic E-state index is -0.0390. The van der Waals surface area contributed by atoms with Crippen LogP contribution < -0.4 is 0 Å². The van der Waals surface area contributed by atoms with E-state index in [1.807, 2.05) is 30.3 Å². The number of benzene rings is 1. The fourth-order valence-corrected chi connectivity index (χ4v) is 2.30. The Morgan fingerprint density at radius 3 is 2.85 bits per heavy atom. The number of furan rings is 1. The molecule has 1 aromatic carbocycles. The van der Waals surface area contributed by atoms with Crippen LogP contribution in [-0.2, 0) is 6.42 Å². The standard InChI is InChI=1S/C16H12ClNO2/c17-13-6-3-4-11-10-15(20-16(11)13)14(19)8-7-12-5-1-2-9-18-12/h1-6,9-10H,7-8H2. The number of carbonyl (C=O) groups excluding carboxylic acids is 1. The van der Waals surface area contributed by atoms with Crippen LogP contribution in [0.3, 0.4) is 0 Å². The van der Waals surface area contributed by atoms with Crippen molar-refractivity contribution in [2.24, 2.45) is 0 Å². The second kappa shape index (κ2) is 5.47. The zero-order valence-electron chi connectivity index (χ0n) is 10.7. The molecule has 20 heavy (non-hydrogen) atoms. The molecule has 0 bridgehead atoms. The molecule has 0 aliphatic carbocycles. The highest BCUT2D eigenvalue weighted by Crippen LogP contribution is 2.27. The Morgan fingerprint density at radius 2 is 2.10 bits per heavy atom. The van der Waals surface area contributed by atoms with Crippen molar-refractivity contribution in [3.8, 4) is 0 Å². The van der Waals surface area contributed by atoms with Gasteiger partial charge in [-0.2, -0.15) is 0 Å². The number of halogens is 1. The van der Waals surface area contributed by atoms with Gasteiger partial charge >= 0.3 is 0 Å². The summed E-state index contributed by atoms with van der Waals surface area (Å²) < 4.78 is 5.55. The van der Waals surface area contributed by atoms with Gasteiger partial charge in [0.2, 0.25) is 0 Å². The predicted molar refractivity (Wildman–Crippen MR) is 78.1 cm³/mol. The van der Waals surface area contributed by atoms with Crippen LogP contribution in [0.15, 0.2) is 53.1 Å². The van der Waals surface area contributed by atoms with Gasteiger partial charge in [0, 0.05) is 23.7 Å². The van der Waals surface area contributed by atoms with Gasteiger partial charge in [-0.25, -0.2) is 0 Å². The Morgan fingerprint density at radius 1 is 1.20 bits per heavy atom. The largest absolute Gasteiger partial charge is 0.451 e. The minimum absolute atomic E-state index is 0.0390. The SMILES string of the molecule is O=C(CCc1ccccn1)c1cc2cccc(Cl)c2o1. The quantitative estimate of drug-likeness (QED) is 0.671. The average Bonchev–Trinajstić information content (AvgIpc) is 2.91. The van der Waals surface area contributed by atoms with Crippen molar-refractivity contribution in [1.82, 2.24) is 4.98 Å². The van der Waals surface area contributed by atoms with Crippen LogP contribution in [0.5, 0.6) is 0 Å². The fourth-order valence-electron chi connectivity index (χ4n) is 2.08. The molecule has 0 amide bonds. The molecule has 0 atom stereocenters. The van der Waals surface area contributed by atoms with E-state index < -0.39 is 0 Å². The van der Waals surface area contributed by atoms with Gasteiger partial charge in [-0.3, -0.25) is 9.78 Å². The van der Waals surface area contributed by atoms with E-state index in [-0.39, 0.29) is 5.78 Å². The van der Waals surface area contributed by atoms with Crippen LogP contribution in [0.4, 0.5) is 0 Å². The summed E-state index contributed by atoms with van der Waals surface area (Å²) >= 11 is 6.03. The average molecular weight is 286 g/mol. The molecular formula is C16H12ClNO2. The van der Waals surface area contributed by atoms with Crippen LogP contribution in [0, 0.1) is 0 Å². The number of para-hydroxylation sites is 1. The summed E-state index contributed by atoms with van der Waals surface area (Å²) in [6.45, 7) is 0. The van der Waals surface area contributed by atoms with Crippen molar-refractivity contribution in [2.75, 3.05) is 0 Å². The Balaban J connectivity index is 1.77. The van der Waals surface area contributed by atoms with Crippen LogP contribution in [0.2, 0.25) is 5.02 Å². The number of rotatable bonds is 4. The summed E-state index contributed by atoms with van der Waals surface area (Å²) in [4.78, 5) is 16.3. The van der Waals surface area contributed by atoms with Crippen molar-refractivity contribution < 1.29 is 9.21 Å². The number of Topliss-reactive ketones (excluding diaryl/α,β-unsaturated/α-hetero) is 1. The maximum absolute atomic E-state index is 12.1. The molecule has 3 rings (SSSR count). The molecule has 2 heterocycles. The second-order valence-electron chi connectivity index (χ2n) is 4.51. The summed E-state index contributed by atoms with van der Waals surface area (Å²) in [5.74, 6) is 0.312. The third-order valence-electron chi connectivity index (χ3n) is 3.11. The first kappa shape index (κ1) is 12.9. The van der Waals surface area contributed by atoms with E-state index in [1.165, 1.54) is 0 Å². The molecule has 0 unspecified atom stereocenters. The lowest BCUT2D eigenvalue weighted by atomic mass is 10.1. The van der Waals surface area contributed by atoms with Gasteiger partial charge in [-0.15, -0.1) is 0 Å². The van der Waals surface area contributed by atoms with E-state index in [0.717, 1.165) is 11.1 Å². The van der Waals surface area contributed by atoms with E-state index in [4.69, 9.17) is 16.0 Å². The normalized spacial score (nSPS) is 10.8. The van der Waals surface area contributed by atoms with Crippen LogP contribution in [-0.4, -0.2) is 10.8 Å². The minimum Gasteiger partial charge on any atom is -0.451 e. The van der Waals surface area contributed by atoms with E-state index in [1.54, 1.807) is 18.3 Å². The lowest BCUT2D eigenvalue weighted by Crippen LogP contribution is -2.00. The zero-order valence-corrected chi connectivity index (χ0v) is 11.4. The number of carbonyl (C=O) groups is 1. The maximum atomic E-state index is 12.1. The molecule has 2 aromatic heterocycles. The Kier molecular flexibility index (Phi) is 3.52. The zero-order chi connectivity index (χ0) is 13.9. The van der Waals surface area contributed by atoms with E-state index >= 15 is 0 Å². The van der Waals surface area contributed by atoms with Gasteiger partial charge in [0.05, 0.1) is 5.02 Å². The molecule has 0 fully saturated rings. The number of aryl methyl sites for hydroxylation is 1. The Hall–Kier alpha value is -2.13. The molecule has 4 heteroatoms. The lowest BCUT2D eigenvalue weighted by molar-refractivity contribution is 0.0958. The van der Waals surface area contributed by atoms with E-state index in [9.17, 15) is 4.79 Å². The second-order valence-corrected chi connectivity index (χ2v) is 4.92. The first-order chi connectivity index (χ1) is 9.74. The molecule has 0 saturated heterocycles. The van der Waals surface area contributed by atoms with Crippen molar-refractivity contribution in [1.29, 1.82) is 0 Å². The molecule has 0 N–H and O–H groups in total. The smallest absolute Gasteiger partial charge is 0.198 e. The molecular weight excluding hydrogens is 274 g/mol. The van der Waals surface area contributed by atoms with Gasteiger partial charge in [0.15, 0.2) is 17.1 Å². The number of hydrogen-bond donors (Lipinski definition) is 0. The van der Waals surface area contributed by atoms with Crippen LogP contribution >= 0.6 is 11.6 Å². The monoisotopic (exact) mass is 285 g/mol. The number of hydrogen-bond acceptors (Lipinski definition) is 3. The van der Waals surface area contributed by atoms with E-state index in [2.05, 4.69) is 4.98 Å². The van der Waals surface area contributed by atoms with Gasteiger partial charge < -0.3 is 4.42 Å². The summed E-state index contributed by atoms with van der Waals surface area (Å²) in [5.41, 5.74) is 1.46. The molecule has 3 nitrogen and oxygen atoms in total. The summed E-state index contributed by atoms with van der Waals surface area (Å²) in [7, 11) is 0. The lowest BCUT2D eigenvalue weighted by Gasteiger charge is -1.98. The van der Waals surface area contributed by atoms with Gasteiger partial charge in [-0.05, 0) is 30.7 Å². The van der Waals surface area contributed by atoms with E-state index in [0.29, 0.717) is 29.2 Å². The number of aromatic nitrogens is 1.